The highest BCUT2D eigenvalue weighted by Gasteiger charge is 2.10. The van der Waals surface area contributed by atoms with Crippen LogP contribution in [0.5, 0.6) is 0 Å². The molecule has 3 aromatic heterocycles. The molecule has 0 aliphatic heterocycles. The largest absolute Gasteiger partial charge is 0.360 e. The maximum Gasteiger partial charge on any atom is 0.214 e. The maximum absolute atomic E-state index is 4.72. The van der Waals surface area contributed by atoms with Crippen molar-refractivity contribution in [2.45, 2.75) is 26.2 Å². The monoisotopic (exact) mass is 363 g/mol. The lowest BCUT2D eigenvalue weighted by Crippen LogP contribution is -2.04. The normalized spacial score (nSPS) is 11.3. The molecule has 1 aromatic carbocycles. The molecule has 0 radical (unpaired) electrons. The summed E-state index contributed by atoms with van der Waals surface area (Å²) in [5.41, 5.74) is 4.69. The van der Waals surface area contributed by atoms with E-state index in [0.717, 1.165) is 34.3 Å². The standard InChI is InChI=1S/C20H21N5S/c1-14(2)16-3-5-17(6-4-16)18-13-25-20(23-18)26-19(24-25)22-12-9-15-7-10-21-11-8-15/h3-8,10-11,13-14H,9,12H2,1-2H3,(H,22,24). The lowest BCUT2D eigenvalue weighted by atomic mass is 10.0. The Morgan fingerprint density at radius 2 is 1.85 bits per heavy atom. The first kappa shape index (κ1) is 16.7. The Hall–Kier alpha value is -2.73. The van der Waals surface area contributed by atoms with Gasteiger partial charge >= 0.3 is 0 Å². The molecule has 0 spiro atoms. The van der Waals surface area contributed by atoms with Crippen molar-refractivity contribution < 1.29 is 0 Å². The molecule has 5 nitrogen and oxygen atoms in total. The molecule has 26 heavy (non-hydrogen) atoms. The molecule has 0 fully saturated rings. The van der Waals surface area contributed by atoms with Gasteiger partial charge in [-0.3, -0.25) is 4.98 Å². The number of hydrogen-bond donors (Lipinski definition) is 1. The summed E-state index contributed by atoms with van der Waals surface area (Å²) >= 11 is 1.57. The van der Waals surface area contributed by atoms with E-state index < -0.39 is 0 Å². The van der Waals surface area contributed by atoms with Gasteiger partial charge in [-0.1, -0.05) is 49.4 Å². The van der Waals surface area contributed by atoms with Crippen LogP contribution in [0.4, 0.5) is 5.13 Å². The van der Waals surface area contributed by atoms with Gasteiger partial charge in [0.05, 0.1) is 11.9 Å². The third-order valence-electron chi connectivity index (χ3n) is 4.36. The topological polar surface area (TPSA) is 55.1 Å². The van der Waals surface area contributed by atoms with Gasteiger partial charge in [0.15, 0.2) is 0 Å². The first-order valence-electron chi connectivity index (χ1n) is 8.78. The van der Waals surface area contributed by atoms with Crippen molar-refractivity contribution in [3.63, 3.8) is 0 Å². The minimum Gasteiger partial charge on any atom is -0.360 e. The number of nitrogens with one attached hydrogen (secondary N) is 1. The second-order valence-electron chi connectivity index (χ2n) is 6.57. The van der Waals surface area contributed by atoms with Crippen molar-refractivity contribution in [3.05, 3.63) is 66.1 Å². The SMILES string of the molecule is CC(C)c1ccc(-c2cn3nc(NCCc4ccncc4)sc3n2)cc1. The van der Waals surface area contributed by atoms with Crippen LogP contribution in [0.3, 0.4) is 0 Å². The number of hydrogen-bond acceptors (Lipinski definition) is 5. The summed E-state index contributed by atoms with van der Waals surface area (Å²) in [5, 5.41) is 8.85. The zero-order valence-corrected chi connectivity index (χ0v) is 15.7. The smallest absolute Gasteiger partial charge is 0.214 e. The third-order valence-corrected chi connectivity index (χ3v) is 5.24. The molecule has 6 heteroatoms. The first-order valence-corrected chi connectivity index (χ1v) is 9.60. The molecule has 0 bridgehead atoms. The van der Waals surface area contributed by atoms with Crippen LogP contribution in [0.25, 0.3) is 16.2 Å². The lowest BCUT2D eigenvalue weighted by molar-refractivity contribution is 0.867. The number of anilines is 1. The van der Waals surface area contributed by atoms with E-state index in [1.54, 1.807) is 11.3 Å². The number of aromatic nitrogens is 4. The van der Waals surface area contributed by atoms with Gasteiger partial charge in [-0.2, -0.15) is 0 Å². The second-order valence-corrected chi connectivity index (χ2v) is 7.53. The number of fused-ring (bicyclic) bond motifs is 1. The van der Waals surface area contributed by atoms with Gasteiger partial charge in [-0.25, -0.2) is 9.50 Å². The Bertz CT molecular complexity index is 955. The summed E-state index contributed by atoms with van der Waals surface area (Å²) in [6, 6.07) is 12.7. The van der Waals surface area contributed by atoms with Gasteiger partial charge in [0, 0.05) is 24.5 Å². The molecule has 4 rings (SSSR count). The Morgan fingerprint density at radius 3 is 2.54 bits per heavy atom. The second kappa shape index (κ2) is 7.25. The molecule has 0 aliphatic carbocycles. The van der Waals surface area contributed by atoms with Gasteiger partial charge in [-0.15, -0.1) is 5.10 Å². The highest BCUT2D eigenvalue weighted by atomic mass is 32.1. The quantitative estimate of drug-likeness (QED) is 0.543. The van der Waals surface area contributed by atoms with Gasteiger partial charge in [-0.05, 0) is 35.6 Å². The molecule has 0 unspecified atom stereocenters. The van der Waals surface area contributed by atoms with E-state index >= 15 is 0 Å². The van der Waals surface area contributed by atoms with Gasteiger partial charge in [0.25, 0.3) is 0 Å². The lowest BCUT2D eigenvalue weighted by Gasteiger charge is -2.05. The van der Waals surface area contributed by atoms with Crippen molar-refractivity contribution in [3.8, 4) is 11.3 Å². The summed E-state index contributed by atoms with van der Waals surface area (Å²) in [5.74, 6) is 0.539. The Kier molecular flexibility index (Phi) is 4.67. The fourth-order valence-corrected chi connectivity index (χ4v) is 3.62. The molecular weight excluding hydrogens is 342 g/mol. The molecular formula is C20H21N5S. The van der Waals surface area contributed by atoms with Crippen molar-refractivity contribution in [2.75, 3.05) is 11.9 Å². The minimum atomic E-state index is 0.539. The predicted molar refractivity (Wildman–Crippen MR) is 107 cm³/mol. The maximum atomic E-state index is 4.72. The van der Waals surface area contributed by atoms with E-state index in [1.165, 1.54) is 11.1 Å². The van der Waals surface area contributed by atoms with Crippen LogP contribution in [-0.2, 0) is 6.42 Å². The Morgan fingerprint density at radius 1 is 1.08 bits per heavy atom. The van der Waals surface area contributed by atoms with Gasteiger partial charge < -0.3 is 5.32 Å². The average Bonchev–Trinajstić information content (AvgIpc) is 3.21. The summed E-state index contributed by atoms with van der Waals surface area (Å²) in [4.78, 5) is 9.65. The highest BCUT2D eigenvalue weighted by molar-refractivity contribution is 7.20. The highest BCUT2D eigenvalue weighted by Crippen LogP contribution is 2.25. The summed E-state index contributed by atoms with van der Waals surface area (Å²) in [6.07, 6.45) is 6.58. The average molecular weight is 363 g/mol. The summed E-state index contributed by atoms with van der Waals surface area (Å²) in [6.45, 7) is 5.24. The third kappa shape index (κ3) is 3.60. The summed E-state index contributed by atoms with van der Waals surface area (Å²) in [7, 11) is 0. The van der Waals surface area contributed by atoms with Gasteiger partial charge in [0.2, 0.25) is 10.1 Å². The molecule has 3 heterocycles. The molecule has 132 valence electrons. The van der Waals surface area contributed by atoms with Crippen LogP contribution >= 0.6 is 11.3 Å². The van der Waals surface area contributed by atoms with E-state index in [-0.39, 0.29) is 0 Å². The molecule has 4 aromatic rings. The molecule has 0 saturated carbocycles. The van der Waals surface area contributed by atoms with Crippen molar-refractivity contribution >= 4 is 21.4 Å². The number of benzene rings is 1. The predicted octanol–water partition coefficient (Wildman–Crippen LogP) is 4.63. The zero-order chi connectivity index (χ0) is 17.9. The van der Waals surface area contributed by atoms with E-state index in [2.05, 4.69) is 53.5 Å². The molecule has 0 saturated heterocycles. The number of imidazole rings is 1. The van der Waals surface area contributed by atoms with Crippen LogP contribution < -0.4 is 5.32 Å². The molecule has 0 aliphatic rings. The minimum absolute atomic E-state index is 0.539. The van der Waals surface area contributed by atoms with Gasteiger partial charge in [0.1, 0.15) is 0 Å². The van der Waals surface area contributed by atoms with Crippen LogP contribution in [0, 0.1) is 0 Å². The number of nitrogens with zero attached hydrogens (tertiary/aromatic N) is 4. The van der Waals surface area contributed by atoms with Crippen LogP contribution in [-0.4, -0.2) is 26.1 Å². The summed E-state index contributed by atoms with van der Waals surface area (Å²) < 4.78 is 1.85. The Balaban J connectivity index is 1.43. The van der Waals surface area contributed by atoms with Crippen LogP contribution in [0.1, 0.15) is 30.9 Å². The van der Waals surface area contributed by atoms with E-state index in [9.17, 15) is 0 Å². The van der Waals surface area contributed by atoms with E-state index in [1.807, 2.05) is 35.2 Å². The molecule has 0 atom stereocenters. The fourth-order valence-electron chi connectivity index (χ4n) is 2.81. The molecule has 0 amide bonds. The Labute approximate surface area is 156 Å². The number of pyridine rings is 1. The fraction of sp³-hybridized carbons (Fsp3) is 0.250. The van der Waals surface area contributed by atoms with Crippen molar-refractivity contribution in [1.29, 1.82) is 0 Å². The van der Waals surface area contributed by atoms with Crippen molar-refractivity contribution in [1.82, 2.24) is 19.6 Å². The van der Waals surface area contributed by atoms with Crippen molar-refractivity contribution in [2.24, 2.45) is 0 Å². The number of rotatable bonds is 6. The van der Waals surface area contributed by atoms with E-state index in [0.29, 0.717) is 5.92 Å². The van der Waals surface area contributed by atoms with E-state index in [4.69, 9.17) is 4.98 Å². The van der Waals surface area contributed by atoms with Crippen LogP contribution in [0.15, 0.2) is 55.0 Å². The zero-order valence-electron chi connectivity index (χ0n) is 14.9. The first-order chi connectivity index (χ1) is 12.7. The van der Waals surface area contributed by atoms with Crippen LogP contribution in [0.2, 0.25) is 0 Å². The molecule has 1 N–H and O–H groups in total.